The zero-order valence-electron chi connectivity index (χ0n) is 50.3. The van der Waals surface area contributed by atoms with E-state index in [4.69, 9.17) is 94.7 Å². The Morgan fingerprint density at radius 1 is 0.256 bits per heavy atom. The maximum absolute atomic E-state index is 12.3. The summed E-state index contributed by atoms with van der Waals surface area (Å²) in [5.41, 5.74) is 0. The van der Waals surface area contributed by atoms with Gasteiger partial charge in [-0.25, -0.2) is 0 Å². The molecule has 4 aliphatic rings. The lowest BCUT2D eigenvalue weighted by Crippen LogP contribution is -2.64. The van der Waals surface area contributed by atoms with Crippen molar-refractivity contribution in [3.05, 3.63) is 0 Å². The van der Waals surface area contributed by atoms with Gasteiger partial charge in [0.05, 0.1) is 21.0 Å². The first-order valence-electron chi connectivity index (χ1n) is 26.3. The summed E-state index contributed by atoms with van der Waals surface area (Å²) in [6, 6.07) is 0. The molecule has 32 nitrogen and oxygen atoms in total. The van der Waals surface area contributed by atoms with Crippen LogP contribution in [0.5, 0.6) is 0 Å². The maximum atomic E-state index is 12.3. The summed E-state index contributed by atoms with van der Waals surface area (Å²) in [6.07, 6.45) is -19.4. The van der Waals surface area contributed by atoms with Crippen LogP contribution >= 0.6 is 23.5 Å². The maximum Gasteiger partial charge on any atom is 0.303 e. The Hall–Kier alpha value is -5.98. The molecule has 4 saturated heterocycles. The molecule has 34 heteroatoms. The summed E-state index contributed by atoms with van der Waals surface area (Å²) >= 11 is 1.89. The Kier molecular flexibility index (Phi) is 30.9. The van der Waals surface area contributed by atoms with Crippen molar-refractivity contribution in [2.24, 2.45) is 0 Å². The second-order valence-electron chi connectivity index (χ2n) is 19.0. The first-order chi connectivity index (χ1) is 40.3. The van der Waals surface area contributed by atoms with Gasteiger partial charge >= 0.3 is 71.6 Å². The number of carbonyl (C=O) groups excluding carboxylic acids is 12. The highest BCUT2D eigenvalue weighted by atomic mass is 32.2. The molecule has 4 fully saturated rings. The number of methoxy groups -OCH3 is 4. The lowest BCUT2D eigenvalue weighted by molar-refractivity contribution is -0.271. The van der Waals surface area contributed by atoms with Gasteiger partial charge in [0.2, 0.25) is 0 Å². The zero-order chi connectivity index (χ0) is 64.9. The fraction of sp³-hybridized carbons (Fsp3) is 0.769. The fourth-order valence-electron chi connectivity index (χ4n) is 9.19. The Bertz CT molecular complexity index is 2040. The molecule has 488 valence electrons. The van der Waals surface area contributed by atoms with Gasteiger partial charge in [0, 0.05) is 112 Å². The van der Waals surface area contributed by atoms with E-state index in [1.807, 2.05) is 0 Å². The standard InChI is InChI=1S/2C26H38O16S/c2*1-11(27)35-9-17-19(37-13(3)29)23(21(39-15(5)31)25(33-7)41-17)43-24-20(38-14(4)30)18(10-36-12(2)28)42-26(34-8)22(24)40-16(6)32/h2*17-26H,9-10H2,1-8H3/t2*17-,18-,19-,20-,21-,22-,23-,24-,25-,26-/m11/s1. The van der Waals surface area contributed by atoms with E-state index in [0.717, 1.165) is 78.9 Å². The van der Waals surface area contributed by atoms with E-state index in [1.165, 1.54) is 56.1 Å². The lowest BCUT2D eigenvalue weighted by atomic mass is 10.0. The van der Waals surface area contributed by atoms with Crippen LogP contribution in [0.1, 0.15) is 83.1 Å². The minimum Gasteiger partial charge on any atom is -0.463 e. The summed E-state index contributed by atoms with van der Waals surface area (Å²) in [5.74, 6) is -8.47. The lowest BCUT2D eigenvalue weighted by Gasteiger charge is -2.49. The SMILES string of the molecule is CO[C@@H]1O[C@H](COC(C)=O)[C@@H](OC(C)=O)[C@@H](S[C@H]2[C@@H](OC(C)=O)[C@H](OC)O[C@H](COC(C)=O)[C@H]2OC(C)=O)[C@H]1OC(C)=O.CO[C@@H]1O[C@H](COC(C)=O)[C@@H](OC(C)=O)[C@@H](S[C@H]2[C@@H](OC(C)=O)[C@H](OC)O[C@H](COC(C)=O)[C@H]2OC(C)=O)[C@H]1OC(C)=O. The summed E-state index contributed by atoms with van der Waals surface area (Å²) in [5, 5.41) is -4.28. The third-order valence-electron chi connectivity index (χ3n) is 12.1. The molecule has 0 aromatic carbocycles. The summed E-state index contributed by atoms with van der Waals surface area (Å²) in [6.45, 7) is 12.4. The zero-order valence-corrected chi connectivity index (χ0v) is 51.9. The van der Waals surface area contributed by atoms with Crippen molar-refractivity contribution in [2.45, 2.75) is 202 Å². The van der Waals surface area contributed by atoms with Crippen LogP contribution in [-0.4, -0.2) is 246 Å². The molecule has 0 amide bonds. The highest BCUT2D eigenvalue weighted by molar-refractivity contribution is 8.01. The Morgan fingerprint density at radius 3 is 0.535 bits per heavy atom. The summed E-state index contributed by atoms with van der Waals surface area (Å²) < 4.78 is 111. The van der Waals surface area contributed by atoms with Gasteiger partial charge in [-0.05, 0) is 0 Å². The monoisotopic (exact) mass is 1280 g/mol. The Morgan fingerprint density at radius 2 is 0.407 bits per heavy atom. The number of rotatable bonds is 24. The van der Waals surface area contributed by atoms with E-state index in [0.29, 0.717) is 0 Å². The highest BCUT2D eigenvalue weighted by Crippen LogP contribution is 2.45. The molecule has 0 aromatic rings. The van der Waals surface area contributed by atoms with Crippen LogP contribution in [0.2, 0.25) is 0 Å². The molecule has 0 unspecified atom stereocenters. The van der Waals surface area contributed by atoms with Gasteiger partial charge in [-0.3, -0.25) is 57.5 Å². The number of esters is 12. The van der Waals surface area contributed by atoms with Gasteiger partial charge in [-0.15, -0.1) is 23.5 Å². The molecule has 0 bridgehead atoms. The molecule has 4 rings (SSSR count). The van der Waals surface area contributed by atoms with Crippen LogP contribution in [0, 0.1) is 0 Å². The third-order valence-corrected chi connectivity index (χ3v) is 15.5. The molecular weight excluding hydrogens is 1200 g/mol. The van der Waals surface area contributed by atoms with E-state index in [9.17, 15) is 57.5 Å². The number of hydrogen-bond donors (Lipinski definition) is 0. The molecule has 4 heterocycles. The first-order valence-corrected chi connectivity index (χ1v) is 28.2. The predicted molar refractivity (Wildman–Crippen MR) is 284 cm³/mol. The van der Waals surface area contributed by atoms with Crippen LogP contribution in [0.25, 0.3) is 0 Å². The summed E-state index contributed by atoms with van der Waals surface area (Å²) in [4.78, 5) is 144. The minimum atomic E-state index is -1.25. The van der Waals surface area contributed by atoms with Gasteiger partial charge in [0.1, 0.15) is 75.3 Å². The van der Waals surface area contributed by atoms with Crippen LogP contribution in [0.4, 0.5) is 0 Å². The van der Waals surface area contributed by atoms with E-state index in [2.05, 4.69) is 0 Å². The quantitative estimate of drug-likeness (QED) is 0.0914. The molecule has 0 aliphatic carbocycles. The van der Waals surface area contributed by atoms with Gasteiger partial charge in [0.25, 0.3) is 0 Å². The van der Waals surface area contributed by atoms with Crippen molar-refractivity contribution in [3.63, 3.8) is 0 Å². The van der Waals surface area contributed by atoms with Crippen molar-refractivity contribution < 1.29 is 152 Å². The van der Waals surface area contributed by atoms with Gasteiger partial charge in [-0.2, -0.15) is 0 Å². The van der Waals surface area contributed by atoms with Crippen molar-refractivity contribution in [1.29, 1.82) is 0 Å². The van der Waals surface area contributed by atoms with Gasteiger partial charge < -0.3 is 94.7 Å². The van der Waals surface area contributed by atoms with Gasteiger partial charge in [-0.1, -0.05) is 0 Å². The topological polar surface area (TPSA) is 389 Å². The van der Waals surface area contributed by atoms with E-state index in [-0.39, 0.29) is 26.4 Å². The molecule has 0 N–H and O–H groups in total. The predicted octanol–water partition coefficient (Wildman–Crippen LogP) is 0.105. The molecule has 0 aromatic heterocycles. The molecule has 0 radical (unpaired) electrons. The third kappa shape index (κ3) is 22.9. The number of carbonyl (C=O) groups is 12. The average molecular weight is 1280 g/mol. The van der Waals surface area contributed by atoms with Crippen molar-refractivity contribution in [2.75, 3.05) is 54.9 Å². The molecular formula is C52H76O32S2. The highest BCUT2D eigenvalue weighted by Gasteiger charge is 2.59. The van der Waals surface area contributed by atoms with Gasteiger partial charge in [0.15, 0.2) is 49.6 Å². The number of ether oxygens (including phenoxy) is 20. The number of hydrogen-bond acceptors (Lipinski definition) is 34. The summed E-state index contributed by atoms with van der Waals surface area (Å²) in [7, 11) is 5.13. The van der Waals surface area contributed by atoms with E-state index >= 15 is 0 Å². The smallest absolute Gasteiger partial charge is 0.303 e. The second-order valence-corrected chi connectivity index (χ2v) is 21.8. The Labute approximate surface area is 503 Å². The Balaban J connectivity index is 0.000000450. The minimum absolute atomic E-state index is 0.374. The average Bonchev–Trinajstić information content (AvgIpc) is 1.38. The van der Waals surface area contributed by atoms with Crippen LogP contribution in [-0.2, 0) is 152 Å². The van der Waals surface area contributed by atoms with Crippen molar-refractivity contribution in [3.8, 4) is 0 Å². The van der Waals surface area contributed by atoms with E-state index in [1.54, 1.807) is 0 Å². The molecule has 0 saturated carbocycles. The van der Waals surface area contributed by atoms with Crippen LogP contribution < -0.4 is 0 Å². The second kappa shape index (κ2) is 35.7. The molecule has 0 spiro atoms. The normalized spacial score (nSPS) is 32.1. The van der Waals surface area contributed by atoms with Crippen molar-refractivity contribution in [1.82, 2.24) is 0 Å². The first kappa shape index (κ1) is 74.3. The van der Waals surface area contributed by atoms with Crippen LogP contribution in [0.3, 0.4) is 0 Å². The molecule has 20 atom stereocenters. The van der Waals surface area contributed by atoms with Crippen LogP contribution in [0.15, 0.2) is 0 Å². The fourth-order valence-corrected chi connectivity index (χ4v) is 12.8. The van der Waals surface area contributed by atoms with E-state index < -0.39 is 191 Å². The molecule has 86 heavy (non-hydrogen) atoms. The number of thioether (sulfide) groups is 2. The largest absolute Gasteiger partial charge is 0.463 e. The molecule has 4 aliphatic heterocycles. The van der Waals surface area contributed by atoms with Crippen molar-refractivity contribution >= 4 is 95.2 Å².